The summed E-state index contributed by atoms with van der Waals surface area (Å²) in [5, 5.41) is 0. The van der Waals surface area contributed by atoms with E-state index in [2.05, 4.69) is 35.6 Å². The van der Waals surface area contributed by atoms with Gasteiger partial charge in [0.25, 0.3) is 0 Å². The quantitative estimate of drug-likeness (QED) is 0.707. The van der Waals surface area contributed by atoms with Crippen LogP contribution in [-0.4, -0.2) is 5.78 Å². The van der Waals surface area contributed by atoms with Gasteiger partial charge in [0.2, 0.25) is 0 Å². The third kappa shape index (κ3) is 3.25. The average molecular weight is 278 g/mol. The summed E-state index contributed by atoms with van der Waals surface area (Å²) in [7, 11) is 0. The topological polar surface area (TPSA) is 17.1 Å². The van der Waals surface area contributed by atoms with E-state index in [0.717, 1.165) is 25.7 Å². The summed E-state index contributed by atoms with van der Waals surface area (Å²) >= 11 is 2.30. The smallest absolute Gasteiger partial charge is 0.136 e. The van der Waals surface area contributed by atoms with E-state index < -0.39 is 0 Å². The Labute approximate surface area is 87.8 Å². The van der Waals surface area contributed by atoms with Crippen LogP contribution in [-0.2, 0) is 4.79 Å². The first-order valence-electron chi connectivity index (χ1n) is 4.55. The Balaban J connectivity index is 2.39. The largest absolute Gasteiger partial charge is 0.299 e. The second-order valence-electron chi connectivity index (χ2n) is 3.44. The molecule has 0 N–H and O–H groups in total. The number of carbonyl (C=O) groups is 1. The van der Waals surface area contributed by atoms with Crippen LogP contribution in [0.5, 0.6) is 0 Å². The van der Waals surface area contributed by atoms with Gasteiger partial charge in [-0.3, -0.25) is 4.79 Å². The molecule has 1 atom stereocenters. The van der Waals surface area contributed by atoms with Gasteiger partial charge < -0.3 is 0 Å². The summed E-state index contributed by atoms with van der Waals surface area (Å²) in [6.07, 6.45) is 7.42. The number of halogens is 1. The molecule has 0 spiro atoms. The number of rotatable bonds is 2. The molecule has 1 saturated carbocycles. The molecule has 12 heavy (non-hydrogen) atoms. The SMILES string of the molecule is C/C(I)=C/CC1CCCCC1=O. The van der Waals surface area contributed by atoms with Crippen LogP contribution in [0.3, 0.4) is 0 Å². The molecule has 1 nitrogen and oxygen atoms in total. The normalized spacial score (nSPS) is 26.0. The zero-order valence-electron chi connectivity index (χ0n) is 7.48. The van der Waals surface area contributed by atoms with Gasteiger partial charge in [-0.2, -0.15) is 0 Å². The lowest BCUT2D eigenvalue weighted by Crippen LogP contribution is -2.18. The van der Waals surface area contributed by atoms with E-state index in [1.807, 2.05) is 0 Å². The first kappa shape index (κ1) is 10.2. The number of hydrogen-bond acceptors (Lipinski definition) is 1. The Morgan fingerprint density at radius 1 is 1.67 bits per heavy atom. The van der Waals surface area contributed by atoms with Crippen molar-refractivity contribution >= 4 is 28.4 Å². The molecule has 1 aliphatic carbocycles. The van der Waals surface area contributed by atoms with Crippen molar-refractivity contribution in [1.29, 1.82) is 0 Å². The van der Waals surface area contributed by atoms with Gasteiger partial charge in [0.05, 0.1) is 0 Å². The molecule has 1 aliphatic rings. The highest BCUT2D eigenvalue weighted by atomic mass is 127. The van der Waals surface area contributed by atoms with Crippen LogP contribution in [0.15, 0.2) is 9.66 Å². The van der Waals surface area contributed by atoms with Gasteiger partial charge in [-0.1, -0.05) is 12.5 Å². The highest BCUT2D eigenvalue weighted by molar-refractivity contribution is 14.1. The van der Waals surface area contributed by atoms with Crippen molar-refractivity contribution in [3.05, 3.63) is 9.66 Å². The Hall–Kier alpha value is 0.140. The molecular weight excluding hydrogens is 263 g/mol. The summed E-state index contributed by atoms with van der Waals surface area (Å²) < 4.78 is 1.30. The van der Waals surface area contributed by atoms with Crippen molar-refractivity contribution < 1.29 is 4.79 Å². The molecule has 0 aromatic rings. The van der Waals surface area contributed by atoms with Gasteiger partial charge in [0.1, 0.15) is 5.78 Å². The first-order valence-corrected chi connectivity index (χ1v) is 5.63. The molecule has 0 aromatic heterocycles. The second kappa shape index (κ2) is 5.00. The summed E-state index contributed by atoms with van der Waals surface area (Å²) in [4.78, 5) is 11.4. The lowest BCUT2D eigenvalue weighted by molar-refractivity contribution is -0.124. The maximum Gasteiger partial charge on any atom is 0.136 e. The lowest BCUT2D eigenvalue weighted by Gasteiger charge is -2.18. The molecule has 0 aliphatic heterocycles. The van der Waals surface area contributed by atoms with Gasteiger partial charge in [-0.15, -0.1) is 0 Å². The van der Waals surface area contributed by atoms with Crippen LogP contribution in [0, 0.1) is 5.92 Å². The number of allylic oxidation sites excluding steroid dienone is 2. The highest BCUT2D eigenvalue weighted by Crippen LogP contribution is 2.24. The third-order valence-corrected chi connectivity index (χ3v) is 2.81. The maximum atomic E-state index is 11.4. The molecule has 1 rings (SSSR count). The molecule has 0 amide bonds. The van der Waals surface area contributed by atoms with Gasteiger partial charge in [-0.05, 0) is 52.4 Å². The lowest BCUT2D eigenvalue weighted by atomic mass is 9.86. The van der Waals surface area contributed by atoms with E-state index in [9.17, 15) is 4.79 Å². The average Bonchev–Trinajstić information content (AvgIpc) is 2.03. The molecule has 0 bridgehead atoms. The fourth-order valence-corrected chi connectivity index (χ4v) is 1.86. The monoisotopic (exact) mass is 278 g/mol. The minimum Gasteiger partial charge on any atom is -0.299 e. The van der Waals surface area contributed by atoms with E-state index in [-0.39, 0.29) is 0 Å². The first-order chi connectivity index (χ1) is 5.70. The van der Waals surface area contributed by atoms with Gasteiger partial charge in [-0.25, -0.2) is 0 Å². The number of ketones is 1. The Bertz CT molecular complexity index is 192. The summed E-state index contributed by atoms with van der Waals surface area (Å²) in [6.45, 7) is 2.08. The second-order valence-corrected chi connectivity index (χ2v) is 5.14. The van der Waals surface area contributed by atoms with Gasteiger partial charge in [0, 0.05) is 12.3 Å². The predicted octanol–water partition coefficient (Wildman–Crippen LogP) is 3.47. The number of Topliss-reactive ketones (excluding diaryl/α,β-unsaturated/α-hetero) is 1. The molecule has 1 fully saturated rings. The molecule has 0 saturated heterocycles. The third-order valence-electron chi connectivity index (χ3n) is 2.36. The maximum absolute atomic E-state index is 11.4. The van der Waals surface area contributed by atoms with Crippen molar-refractivity contribution in [2.75, 3.05) is 0 Å². The minimum absolute atomic E-state index is 0.337. The molecule has 0 radical (unpaired) electrons. The fourth-order valence-electron chi connectivity index (χ4n) is 1.61. The van der Waals surface area contributed by atoms with Gasteiger partial charge in [0.15, 0.2) is 0 Å². The Morgan fingerprint density at radius 3 is 3.00 bits per heavy atom. The van der Waals surface area contributed by atoms with Crippen molar-refractivity contribution in [1.82, 2.24) is 0 Å². The van der Waals surface area contributed by atoms with E-state index in [1.54, 1.807) is 0 Å². The molecular formula is C10H15IO. The summed E-state index contributed by atoms with van der Waals surface area (Å²) in [6, 6.07) is 0. The van der Waals surface area contributed by atoms with E-state index >= 15 is 0 Å². The highest BCUT2D eigenvalue weighted by Gasteiger charge is 2.20. The standard InChI is InChI=1S/C10H15IO/c1-8(11)6-7-9-4-2-3-5-10(9)12/h6,9H,2-5,7H2,1H3/b8-6-. The van der Waals surface area contributed by atoms with Crippen LogP contribution in [0.1, 0.15) is 39.0 Å². The van der Waals surface area contributed by atoms with E-state index in [0.29, 0.717) is 11.7 Å². The Morgan fingerprint density at radius 2 is 2.42 bits per heavy atom. The molecule has 0 heterocycles. The zero-order valence-corrected chi connectivity index (χ0v) is 9.63. The number of hydrogen-bond donors (Lipinski definition) is 0. The summed E-state index contributed by atoms with van der Waals surface area (Å²) in [5.41, 5.74) is 0. The number of carbonyl (C=O) groups excluding carboxylic acids is 1. The zero-order chi connectivity index (χ0) is 8.97. The predicted molar refractivity (Wildman–Crippen MR) is 59.4 cm³/mol. The molecule has 0 aromatic carbocycles. The molecule has 68 valence electrons. The van der Waals surface area contributed by atoms with Crippen LogP contribution >= 0.6 is 22.6 Å². The van der Waals surface area contributed by atoms with Crippen LogP contribution in [0.4, 0.5) is 0 Å². The van der Waals surface area contributed by atoms with Crippen molar-refractivity contribution in [3.8, 4) is 0 Å². The van der Waals surface area contributed by atoms with Crippen LogP contribution in [0.25, 0.3) is 0 Å². The summed E-state index contributed by atoms with van der Waals surface area (Å²) in [5.74, 6) is 0.818. The van der Waals surface area contributed by atoms with Crippen molar-refractivity contribution in [2.45, 2.75) is 39.0 Å². The molecule has 2 heteroatoms. The van der Waals surface area contributed by atoms with Gasteiger partial charge >= 0.3 is 0 Å². The van der Waals surface area contributed by atoms with Crippen molar-refractivity contribution in [2.24, 2.45) is 5.92 Å². The van der Waals surface area contributed by atoms with Crippen LogP contribution < -0.4 is 0 Å². The minimum atomic E-state index is 0.337. The van der Waals surface area contributed by atoms with E-state index in [4.69, 9.17) is 0 Å². The molecule has 1 unspecified atom stereocenters. The van der Waals surface area contributed by atoms with Crippen LogP contribution in [0.2, 0.25) is 0 Å². The Kier molecular flexibility index (Phi) is 4.26. The fraction of sp³-hybridized carbons (Fsp3) is 0.700. The van der Waals surface area contributed by atoms with E-state index in [1.165, 1.54) is 10.0 Å². The van der Waals surface area contributed by atoms with Crippen molar-refractivity contribution in [3.63, 3.8) is 0 Å².